The van der Waals surface area contributed by atoms with E-state index in [0.29, 0.717) is 18.1 Å². The number of nitrogens with one attached hydrogen (secondary N) is 1. The third-order valence-corrected chi connectivity index (χ3v) is 4.82. The number of carbonyl (C=O) groups is 1. The van der Waals surface area contributed by atoms with Crippen LogP contribution in [-0.2, 0) is 13.2 Å². The third-order valence-electron chi connectivity index (χ3n) is 4.04. The molecule has 2 aromatic heterocycles. The molecule has 0 aliphatic carbocycles. The Morgan fingerprint density at radius 2 is 2.11 bits per heavy atom. The first-order valence-corrected chi connectivity index (χ1v) is 9.68. The number of carbonyl (C=O) groups excluding carboxylic acids is 1. The van der Waals surface area contributed by atoms with Crippen LogP contribution in [0.2, 0.25) is 0 Å². The summed E-state index contributed by atoms with van der Waals surface area (Å²) in [5.74, 6) is 1.98. The second-order valence-electron chi connectivity index (χ2n) is 6.17. The van der Waals surface area contributed by atoms with Crippen LogP contribution in [0.25, 0.3) is 0 Å². The maximum absolute atomic E-state index is 12.2. The maximum Gasteiger partial charge on any atom is 0.286 e. The Morgan fingerprint density at radius 3 is 2.86 bits per heavy atom. The summed E-state index contributed by atoms with van der Waals surface area (Å²) in [7, 11) is 1.60. The molecule has 8 heteroatoms. The molecule has 0 spiro atoms. The number of nitrogens with zero attached hydrogens (tertiary/aromatic N) is 2. The van der Waals surface area contributed by atoms with Crippen molar-refractivity contribution in [2.24, 2.45) is 0 Å². The van der Waals surface area contributed by atoms with Crippen LogP contribution in [0.4, 0.5) is 0 Å². The van der Waals surface area contributed by atoms with E-state index in [-0.39, 0.29) is 18.3 Å². The van der Waals surface area contributed by atoms with Gasteiger partial charge in [0.2, 0.25) is 0 Å². The molecule has 1 aromatic carbocycles. The fraction of sp³-hybridized carbons (Fsp3) is 0.300. The lowest BCUT2D eigenvalue weighted by Gasteiger charge is -2.06. The zero-order valence-electron chi connectivity index (χ0n) is 15.8. The zero-order chi connectivity index (χ0) is 19.9. The molecule has 28 heavy (non-hydrogen) atoms. The van der Waals surface area contributed by atoms with E-state index in [4.69, 9.17) is 13.9 Å². The first-order valence-electron chi connectivity index (χ1n) is 8.88. The van der Waals surface area contributed by atoms with Gasteiger partial charge in [-0.2, -0.15) is 5.10 Å². The summed E-state index contributed by atoms with van der Waals surface area (Å²) in [4.78, 5) is 12.2. The Hall–Kier alpha value is -2.74. The molecule has 1 amide bonds. The Labute approximate surface area is 171 Å². The van der Waals surface area contributed by atoms with Crippen LogP contribution in [0, 0.1) is 6.92 Å². The summed E-state index contributed by atoms with van der Waals surface area (Å²) in [6.45, 7) is 3.43. The van der Waals surface area contributed by atoms with Crippen molar-refractivity contribution in [1.29, 1.82) is 0 Å². The van der Waals surface area contributed by atoms with E-state index in [1.165, 1.54) is 0 Å². The number of rotatable bonds is 9. The summed E-state index contributed by atoms with van der Waals surface area (Å²) in [6.07, 6.45) is 2.70. The van der Waals surface area contributed by atoms with Gasteiger partial charge in [0.25, 0.3) is 5.91 Å². The highest BCUT2D eigenvalue weighted by molar-refractivity contribution is 9.10. The van der Waals surface area contributed by atoms with Crippen LogP contribution in [0.3, 0.4) is 0 Å². The van der Waals surface area contributed by atoms with Gasteiger partial charge in [0.05, 0.1) is 17.3 Å². The fourth-order valence-electron chi connectivity index (χ4n) is 2.56. The van der Waals surface area contributed by atoms with Crippen LogP contribution in [0.15, 0.2) is 51.5 Å². The highest BCUT2D eigenvalue weighted by atomic mass is 79.9. The fourth-order valence-corrected chi connectivity index (χ4v) is 2.88. The van der Waals surface area contributed by atoms with Crippen molar-refractivity contribution in [1.82, 2.24) is 15.1 Å². The Balaban J connectivity index is 1.43. The lowest BCUT2D eigenvalue weighted by Crippen LogP contribution is -2.24. The normalized spacial score (nSPS) is 10.7. The molecule has 2 heterocycles. The van der Waals surface area contributed by atoms with Crippen molar-refractivity contribution < 1.29 is 18.7 Å². The van der Waals surface area contributed by atoms with Gasteiger partial charge in [0.15, 0.2) is 5.76 Å². The maximum atomic E-state index is 12.2. The number of hydrogen-bond acceptors (Lipinski definition) is 5. The van der Waals surface area contributed by atoms with Crippen LogP contribution >= 0.6 is 15.9 Å². The summed E-state index contributed by atoms with van der Waals surface area (Å²) >= 11 is 3.43. The summed E-state index contributed by atoms with van der Waals surface area (Å²) in [5.41, 5.74) is 0.948. The van der Waals surface area contributed by atoms with Crippen LogP contribution in [0.5, 0.6) is 11.5 Å². The summed E-state index contributed by atoms with van der Waals surface area (Å²) in [5, 5.41) is 7.21. The predicted octanol–water partition coefficient (Wildman–Crippen LogP) is 3.95. The van der Waals surface area contributed by atoms with Gasteiger partial charge in [0, 0.05) is 25.4 Å². The van der Waals surface area contributed by atoms with Crippen molar-refractivity contribution in [3.63, 3.8) is 0 Å². The summed E-state index contributed by atoms with van der Waals surface area (Å²) < 4.78 is 19.2. The second kappa shape index (κ2) is 9.45. The molecule has 0 saturated carbocycles. The highest BCUT2D eigenvalue weighted by Gasteiger charge is 2.11. The number of amides is 1. The van der Waals surface area contributed by atoms with E-state index < -0.39 is 0 Å². The number of aryl methyl sites for hydroxylation is 2. The Morgan fingerprint density at radius 1 is 1.29 bits per heavy atom. The Kier molecular flexibility index (Phi) is 6.76. The van der Waals surface area contributed by atoms with Gasteiger partial charge in [0.1, 0.15) is 23.9 Å². The zero-order valence-corrected chi connectivity index (χ0v) is 17.4. The highest BCUT2D eigenvalue weighted by Crippen LogP contribution is 2.20. The minimum atomic E-state index is -0.245. The quantitative estimate of drug-likeness (QED) is 0.502. The predicted molar refractivity (Wildman–Crippen MR) is 108 cm³/mol. The molecule has 0 saturated heterocycles. The van der Waals surface area contributed by atoms with E-state index in [1.54, 1.807) is 25.3 Å². The number of hydrogen-bond donors (Lipinski definition) is 1. The molecule has 7 nitrogen and oxygen atoms in total. The van der Waals surface area contributed by atoms with Gasteiger partial charge in [-0.25, -0.2) is 0 Å². The molecule has 3 rings (SSSR count). The molecule has 1 N–H and O–H groups in total. The van der Waals surface area contributed by atoms with Crippen LogP contribution in [-0.4, -0.2) is 29.3 Å². The molecule has 0 aliphatic rings. The van der Waals surface area contributed by atoms with Crippen LogP contribution in [0.1, 0.15) is 28.4 Å². The van der Waals surface area contributed by atoms with Crippen molar-refractivity contribution in [3.05, 3.63) is 64.3 Å². The van der Waals surface area contributed by atoms with E-state index in [1.807, 2.05) is 36.0 Å². The van der Waals surface area contributed by atoms with E-state index >= 15 is 0 Å². The molecular formula is C20H22BrN3O4. The minimum absolute atomic E-state index is 0.230. The lowest BCUT2D eigenvalue weighted by atomic mass is 10.3. The number of aromatic nitrogens is 2. The van der Waals surface area contributed by atoms with Crippen molar-refractivity contribution in [2.45, 2.75) is 26.5 Å². The van der Waals surface area contributed by atoms with Gasteiger partial charge in [-0.1, -0.05) is 6.07 Å². The minimum Gasteiger partial charge on any atom is -0.497 e. The summed E-state index contributed by atoms with van der Waals surface area (Å²) in [6, 6.07) is 10.7. The van der Waals surface area contributed by atoms with E-state index in [2.05, 4.69) is 26.3 Å². The Bertz CT molecular complexity index is 916. The molecule has 0 atom stereocenters. The smallest absolute Gasteiger partial charge is 0.286 e. The van der Waals surface area contributed by atoms with Gasteiger partial charge in [-0.05, 0) is 53.5 Å². The standard InChI is InChI=1S/C20H22BrN3O4/c1-14-18(21)12-24(23-14)10-4-9-22-20(25)19-8-7-17(28-19)13-27-16-6-3-5-15(11-16)26-2/h3,5-8,11-12H,4,9-10,13H2,1-2H3,(H,22,25). The number of methoxy groups -OCH3 is 1. The molecule has 148 valence electrons. The molecule has 0 fully saturated rings. The van der Waals surface area contributed by atoms with Gasteiger partial charge in [-0.15, -0.1) is 0 Å². The van der Waals surface area contributed by atoms with Crippen molar-refractivity contribution >= 4 is 21.8 Å². The molecule has 0 unspecified atom stereocenters. The number of benzene rings is 1. The van der Waals surface area contributed by atoms with Gasteiger partial charge < -0.3 is 19.2 Å². The topological polar surface area (TPSA) is 78.5 Å². The van der Waals surface area contributed by atoms with Crippen LogP contribution < -0.4 is 14.8 Å². The molecular weight excluding hydrogens is 426 g/mol. The largest absolute Gasteiger partial charge is 0.497 e. The van der Waals surface area contributed by atoms with E-state index in [0.717, 1.165) is 28.9 Å². The van der Waals surface area contributed by atoms with Gasteiger partial charge >= 0.3 is 0 Å². The number of ether oxygens (including phenoxy) is 2. The lowest BCUT2D eigenvalue weighted by molar-refractivity contribution is 0.0921. The van der Waals surface area contributed by atoms with Crippen molar-refractivity contribution in [3.8, 4) is 11.5 Å². The average molecular weight is 448 g/mol. The number of furan rings is 1. The first kappa shape index (κ1) is 20.0. The SMILES string of the molecule is COc1cccc(OCc2ccc(C(=O)NCCCn3cc(Br)c(C)n3)o2)c1. The molecule has 0 radical (unpaired) electrons. The van der Waals surface area contributed by atoms with E-state index in [9.17, 15) is 4.79 Å². The molecule has 0 bridgehead atoms. The number of halogens is 1. The molecule has 3 aromatic rings. The van der Waals surface area contributed by atoms with Gasteiger partial charge in [-0.3, -0.25) is 9.48 Å². The monoisotopic (exact) mass is 447 g/mol. The first-order chi connectivity index (χ1) is 13.5. The average Bonchev–Trinajstić information content (AvgIpc) is 3.30. The second-order valence-corrected chi connectivity index (χ2v) is 7.02. The molecule has 0 aliphatic heterocycles. The van der Waals surface area contributed by atoms with Crippen molar-refractivity contribution in [2.75, 3.05) is 13.7 Å². The third kappa shape index (κ3) is 5.39.